The van der Waals surface area contributed by atoms with Gasteiger partial charge in [0.2, 0.25) is 5.82 Å². The highest BCUT2D eigenvalue weighted by Crippen LogP contribution is 2.26. The summed E-state index contributed by atoms with van der Waals surface area (Å²) in [4.78, 5) is 26.4. The van der Waals surface area contributed by atoms with Gasteiger partial charge in [-0.05, 0) is 6.92 Å². The number of aryl methyl sites for hydroxylation is 1. The number of nitrogens with zero attached hydrogens (tertiary/aromatic N) is 3. The summed E-state index contributed by atoms with van der Waals surface area (Å²) < 4.78 is 38.0. The van der Waals surface area contributed by atoms with Gasteiger partial charge in [-0.15, -0.1) is 0 Å². The van der Waals surface area contributed by atoms with Crippen molar-refractivity contribution in [1.29, 1.82) is 0 Å². The molecule has 0 fully saturated rings. The van der Waals surface area contributed by atoms with Crippen LogP contribution in [-0.2, 0) is 25.7 Å². The SMILES string of the molecule is Cc1[nH]cnc1CN1CCc2nc(C(F)(F)F)[nH]c(=O)c2C1. The Morgan fingerprint density at radius 3 is 2.82 bits per heavy atom. The third-order valence-electron chi connectivity index (χ3n) is 3.72. The largest absolute Gasteiger partial charge is 0.449 e. The van der Waals surface area contributed by atoms with Crippen molar-refractivity contribution in [2.24, 2.45) is 0 Å². The fraction of sp³-hybridized carbons (Fsp3) is 0.462. The van der Waals surface area contributed by atoms with E-state index in [4.69, 9.17) is 0 Å². The molecule has 0 radical (unpaired) electrons. The monoisotopic (exact) mass is 313 g/mol. The minimum Gasteiger partial charge on any atom is -0.348 e. The number of fused-ring (bicyclic) bond motifs is 1. The maximum Gasteiger partial charge on any atom is 0.449 e. The first-order chi connectivity index (χ1) is 10.3. The lowest BCUT2D eigenvalue weighted by Crippen LogP contribution is -2.36. The summed E-state index contributed by atoms with van der Waals surface area (Å²) in [5.41, 5.74) is 1.60. The minimum atomic E-state index is -4.64. The molecule has 3 heterocycles. The maximum absolute atomic E-state index is 12.7. The average molecular weight is 313 g/mol. The van der Waals surface area contributed by atoms with Gasteiger partial charge in [0.05, 0.1) is 23.3 Å². The topological polar surface area (TPSA) is 77.7 Å². The molecule has 0 aromatic carbocycles. The van der Waals surface area contributed by atoms with Crippen LogP contribution < -0.4 is 5.56 Å². The second kappa shape index (κ2) is 5.24. The molecule has 0 bridgehead atoms. The molecular weight excluding hydrogens is 299 g/mol. The molecule has 0 amide bonds. The summed E-state index contributed by atoms with van der Waals surface area (Å²) in [6, 6.07) is 0. The van der Waals surface area contributed by atoms with Crippen LogP contribution in [0.4, 0.5) is 13.2 Å². The molecule has 0 aliphatic carbocycles. The molecule has 3 rings (SSSR count). The third-order valence-corrected chi connectivity index (χ3v) is 3.72. The molecule has 118 valence electrons. The Morgan fingerprint density at radius 2 is 2.18 bits per heavy atom. The highest BCUT2D eigenvalue weighted by molar-refractivity contribution is 5.22. The highest BCUT2D eigenvalue weighted by atomic mass is 19.4. The van der Waals surface area contributed by atoms with Crippen LogP contribution in [0.15, 0.2) is 11.1 Å². The Bertz CT molecular complexity index is 749. The van der Waals surface area contributed by atoms with Crippen molar-refractivity contribution >= 4 is 0 Å². The summed E-state index contributed by atoms with van der Waals surface area (Å²) in [5.74, 6) is -1.23. The summed E-state index contributed by atoms with van der Waals surface area (Å²) in [7, 11) is 0. The van der Waals surface area contributed by atoms with E-state index in [1.807, 2.05) is 16.8 Å². The first-order valence-corrected chi connectivity index (χ1v) is 6.75. The predicted molar refractivity (Wildman–Crippen MR) is 71.0 cm³/mol. The van der Waals surface area contributed by atoms with E-state index >= 15 is 0 Å². The molecule has 6 nitrogen and oxygen atoms in total. The van der Waals surface area contributed by atoms with Crippen LogP contribution in [0.25, 0.3) is 0 Å². The van der Waals surface area contributed by atoms with Gasteiger partial charge in [-0.25, -0.2) is 9.97 Å². The zero-order chi connectivity index (χ0) is 15.9. The van der Waals surface area contributed by atoms with Gasteiger partial charge in [-0.2, -0.15) is 13.2 Å². The second-order valence-corrected chi connectivity index (χ2v) is 5.27. The van der Waals surface area contributed by atoms with Gasteiger partial charge in [-0.3, -0.25) is 9.69 Å². The van der Waals surface area contributed by atoms with E-state index in [1.54, 1.807) is 6.33 Å². The smallest absolute Gasteiger partial charge is 0.348 e. The van der Waals surface area contributed by atoms with Crippen LogP contribution in [0.3, 0.4) is 0 Å². The van der Waals surface area contributed by atoms with Crippen molar-refractivity contribution in [3.05, 3.63) is 45.2 Å². The Labute approximate surface area is 123 Å². The molecule has 1 aliphatic heterocycles. The van der Waals surface area contributed by atoms with Crippen molar-refractivity contribution in [3.8, 4) is 0 Å². The number of hydrogen-bond acceptors (Lipinski definition) is 4. The number of H-pyrrole nitrogens is 2. The fourth-order valence-corrected chi connectivity index (χ4v) is 2.51. The van der Waals surface area contributed by atoms with Gasteiger partial charge < -0.3 is 9.97 Å². The van der Waals surface area contributed by atoms with Gasteiger partial charge in [-0.1, -0.05) is 0 Å². The summed E-state index contributed by atoms with van der Waals surface area (Å²) >= 11 is 0. The number of rotatable bonds is 2. The zero-order valence-electron chi connectivity index (χ0n) is 11.8. The van der Waals surface area contributed by atoms with E-state index in [-0.39, 0.29) is 12.2 Å². The van der Waals surface area contributed by atoms with Crippen LogP contribution >= 0.6 is 0 Å². The molecular formula is C13H14F3N5O. The summed E-state index contributed by atoms with van der Waals surface area (Å²) in [6.07, 6.45) is -2.74. The van der Waals surface area contributed by atoms with Crippen LogP contribution in [0, 0.1) is 6.92 Å². The normalized spacial score (nSPS) is 15.8. The molecule has 9 heteroatoms. The third kappa shape index (κ3) is 2.76. The van der Waals surface area contributed by atoms with Crippen molar-refractivity contribution in [2.45, 2.75) is 32.6 Å². The van der Waals surface area contributed by atoms with Crippen molar-refractivity contribution < 1.29 is 13.2 Å². The van der Waals surface area contributed by atoms with E-state index in [0.29, 0.717) is 25.1 Å². The Kier molecular flexibility index (Phi) is 3.51. The highest BCUT2D eigenvalue weighted by Gasteiger charge is 2.35. The Morgan fingerprint density at radius 1 is 1.41 bits per heavy atom. The lowest BCUT2D eigenvalue weighted by atomic mass is 10.1. The molecule has 0 unspecified atom stereocenters. The van der Waals surface area contributed by atoms with Gasteiger partial charge in [0.25, 0.3) is 5.56 Å². The maximum atomic E-state index is 12.7. The summed E-state index contributed by atoms with van der Waals surface area (Å²) in [5, 5.41) is 0. The quantitative estimate of drug-likeness (QED) is 0.878. The number of hydrogen-bond donors (Lipinski definition) is 2. The molecule has 2 N–H and O–H groups in total. The first kappa shape index (κ1) is 14.8. The van der Waals surface area contributed by atoms with Crippen molar-refractivity contribution in [3.63, 3.8) is 0 Å². The van der Waals surface area contributed by atoms with E-state index in [1.165, 1.54) is 0 Å². The number of alkyl halides is 3. The molecule has 0 saturated carbocycles. The van der Waals surface area contributed by atoms with Crippen molar-refractivity contribution in [2.75, 3.05) is 6.54 Å². The van der Waals surface area contributed by atoms with Crippen molar-refractivity contribution in [1.82, 2.24) is 24.8 Å². The lowest BCUT2D eigenvalue weighted by molar-refractivity contribution is -0.145. The first-order valence-electron chi connectivity index (χ1n) is 6.75. The second-order valence-electron chi connectivity index (χ2n) is 5.27. The van der Waals surface area contributed by atoms with E-state index in [0.717, 1.165) is 11.4 Å². The van der Waals surface area contributed by atoms with Gasteiger partial charge in [0.15, 0.2) is 0 Å². The molecule has 1 aliphatic rings. The lowest BCUT2D eigenvalue weighted by Gasteiger charge is -2.27. The summed E-state index contributed by atoms with van der Waals surface area (Å²) in [6.45, 7) is 3.23. The van der Waals surface area contributed by atoms with Gasteiger partial charge in [0, 0.05) is 31.7 Å². The van der Waals surface area contributed by atoms with E-state index in [9.17, 15) is 18.0 Å². The van der Waals surface area contributed by atoms with Gasteiger partial charge in [0.1, 0.15) is 0 Å². The molecule has 0 saturated heterocycles. The number of imidazole rings is 1. The zero-order valence-corrected chi connectivity index (χ0v) is 11.8. The molecule has 0 atom stereocenters. The number of aromatic amines is 2. The van der Waals surface area contributed by atoms with Crippen LogP contribution in [0.2, 0.25) is 0 Å². The molecule has 22 heavy (non-hydrogen) atoms. The number of halogens is 3. The number of nitrogens with one attached hydrogen (secondary N) is 2. The van der Waals surface area contributed by atoms with Crippen LogP contribution in [-0.4, -0.2) is 31.4 Å². The Balaban J connectivity index is 1.85. The standard InChI is InChI=1S/C13H14F3N5O/c1-7-10(18-6-17-7)5-21-3-2-9-8(4-21)11(22)20-12(19-9)13(14,15)16/h6H,2-5H2,1H3,(H,17,18)(H,19,20,22). The molecule has 2 aromatic rings. The van der Waals surface area contributed by atoms with Gasteiger partial charge >= 0.3 is 6.18 Å². The van der Waals surface area contributed by atoms with Crippen LogP contribution in [0.5, 0.6) is 0 Å². The van der Waals surface area contributed by atoms with E-state index < -0.39 is 17.6 Å². The number of aromatic nitrogens is 4. The fourth-order valence-electron chi connectivity index (χ4n) is 2.51. The average Bonchev–Trinajstić information content (AvgIpc) is 2.84. The Hall–Kier alpha value is -2.16. The molecule has 0 spiro atoms. The van der Waals surface area contributed by atoms with E-state index in [2.05, 4.69) is 15.0 Å². The predicted octanol–water partition coefficient (Wildman–Crippen LogP) is 1.38. The van der Waals surface area contributed by atoms with Crippen LogP contribution in [0.1, 0.15) is 28.5 Å². The molecule has 2 aromatic heterocycles. The minimum absolute atomic E-state index is 0.228.